The lowest BCUT2D eigenvalue weighted by Crippen LogP contribution is -2.83. The second kappa shape index (κ2) is 2.76. The Morgan fingerprint density at radius 2 is 2.00 bits per heavy atom. The van der Waals surface area contributed by atoms with Gasteiger partial charge in [0.15, 0.2) is 5.54 Å². The summed E-state index contributed by atoms with van der Waals surface area (Å²) in [7, 11) is 0. The molecule has 0 aromatic heterocycles. The van der Waals surface area contributed by atoms with Crippen LogP contribution in [0.2, 0.25) is 0 Å². The van der Waals surface area contributed by atoms with Gasteiger partial charge in [0.25, 0.3) is 11.8 Å². The molecule has 76 valence electrons. The molecule has 0 saturated carbocycles. The van der Waals surface area contributed by atoms with Crippen LogP contribution < -0.4 is 16.4 Å². The van der Waals surface area contributed by atoms with Crippen molar-refractivity contribution >= 4 is 17.8 Å². The zero-order valence-corrected chi connectivity index (χ0v) is 7.37. The summed E-state index contributed by atoms with van der Waals surface area (Å²) in [6.07, 6.45) is 0. The molecule has 0 atom stereocenters. The van der Waals surface area contributed by atoms with Crippen LogP contribution in [0.15, 0.2) is 0 Å². The summed E-state index contributed by atoms with van der Waals surface area (Å²) in [5.41, 5.74) is 3.62. The van der Waals surface area contributed by atoms with Crippen LogP contribution in [-0.4, -0.2) is 47.9 Å². The maximum Gasteiger partial charge on any atom is 0.328 e. The molecule has 0 aromatic rings. The number of rotatable bonds is 0. The van der Waals surface area contributed by atoms with Gasteiger partial charge in [-0.05, 0) is 0 Å². The van der Waals surface area contributed by atoms with Crippen molar-refractivity contribution in [2.75, 3.05) is 19.6 Å². The number of hydrogen-bond acceptors (Lipinski definition) is 5. The lowest BCUT2D eigenvalue weighted by Gasteiger charge is -2.46. The standard InChI is InChI=1S/C7H10N4O3/c8-6(14)11-4(12)7(5(11)13)3-9-1-2-10-7/h9-10H,1-3H2,(H2,8,14). The van der Waals surface area contributed by atoms with Gasteiger partial charge in [-0.25, -0.2) is 4.79 Å². The van der Waals surface area contributed by atoms with Crippen molar-refractivity contribution < 1.29 is 14.4 Å². The molecule has 4 N–H and O–H groups in total. The number of amides is 4. The molecule has 7 nitrogen and oxygen atoms in total. The number of carbonyl (C=O) groups is 3. The molecular weight excluding hydrogens is 188 g/mol. The molecule has 0 radical (unpaired) electrons. The van der Waals surface area contributed by atoms with Gasteiger partial charge in [0.05, 0.1) is 0 Å². The van der Waals surface area contributed by atoms with Crippen molar-refractivity contribution in [1.29, 1.82) is 0 Å². The number of imide groups is 3. The molecule has 0 bridgehead atoms. The first-order chi connectivity index (χ1) is 6.59. The van der Waals surface area contributed by atoms with Gasteiger partial charge in [-0.2, -0.15) is 4.90 Å². The van der Waals surface area contributed by atoms with Crippen LogP contribution in [-0.2, 0) is 9.59 Å². The van der Waals surface area contributed by atoms with Crippen molar-refractivity contribution in [1.82, 2.24) is 15.5 Å². The monoisotopic (exact) mass is 198 g/mol. The molecule has 2 heterocycles. The highest BCUT2D eigenvalue weighted by Crippen LogP contribution is 2.25. The summed E-state index contributed by atoms with van der Waals surface area (Å²) >= 11 is 0. The third-order valence-corrected chi connectivity index (χ3v) is 2.48. The molecule has 14 heavy (non-hydrogen) atoms. The largest absolute Gasteiger partial charge is 0.351 e. The average Bonchev–Trinajstić information content (AvgIpc) is 2.19. The van der Waals surface area contributed by atoms with Crippen molar-refractivity contribution in [2.24, 2.45) is 5.73 Å². The zero-order chi connectivity index (χ0) is 10.3. The van der Waals surface area contributed by atoms with E-state index >= 15 is 0 Å². The summed E-state index contributed by atoms with van der Waals surface area (Å²) in [4.78, 5) is 34.1. The van der Waals surface area contributed by atoms with Crippen LogP contribution in [0.1, 0.15) is 0 Å². The van der Waals surface area contributed by atoms with Gasteiger partial charge in [-0.15, -0.1) is 0 Å². The van der Waals surface area contributed by atoms with Gasteiger partial charge in [0.1, 0.15) is 0 Å². The molecule has 2 rings (SSSR count). The topological polar surface area (TPSA) is 105 Å². The fourth-order valence-corrected chi connectivity index (χ4v) is 1.72. The highest BCUT2D eigenvalue weighted by Gasteiger charge is 2.63. The molecule has 2 fully saturated rings. The summed E-state index contributed by atoms with van der Waals surface area (Å²) in [6.45, 7) is 1.43. The van der Waals surface area contributed by atoms with Gasteiger partial charge >= 0.3 is 6.03 Å². The van der Waals surface area contributed by atoms with Crippen LogP contribution in [0, 0.1) is 0 Å². The maximum absolute atomic E-state index is 11.5. The molecule has 0 aromatic carbocycles. The molecular formula is C7H10N4O3. The fraction of sp³-hybridized carbons (Fsp3) is 0.571. The maximum atomic E-state index is 11.5. The third kappa shape index (κ3) is 0.904. The number of nitrogens with zero attached hydrogens (tertiary/aromatic N) is 1. The van der Waals surface area contributed by atoms with E-state index in [1.165, 1.54) is 0 Å². The number of likely N-dealkylation sites (tertiary alicyclic amines) is 1. The van der Waals surface area contributed by atoms with E-state index in [2.05, 4.69) is 10.6 Å². The molecule has 1 spiro atoms. The van der Waals surface area contributed by atoms with Crippen LogP contribution in [0.3, 0.4) is 0 Å². The van der Waals surface area contributed by atoms with E-state index in [1.54, 1.807) is 0 Å². The number of carbonyl (C=O) groups excluding carboxylic acids is 3. The first-order valence-electron chi connectivity index (χ1n) is 4.24. The number of β-lactam (4-membered cyclic amide) rings is 2. The quantitative estimate of drug-likeness (QED) is 0.291. The van der Waals surface area contributed by atoms with Crippen molar-refractivity contribution in [3.8, 4) is 0 Å². The lowest BCUT2D eigenvalue weighted by molar-refractivity contribution is -0.166. The van der Waals surface area contributed by atoms with Crippen LogP contribution in [0.5, 0.6) is 0 Å². The Labute approximate surface area is 79.6 Å². The Hall–Kier alpha value is -1.47. The fourth-order valence-electron chi connectivity index (χ4n) is 1.72. The minimum atomic E-state index is -1.24. The van der Waals surface area contributed by atoms with E-state index in [9.17, 15) is 14.4 Å². The number of hydrogen-bond donors (Lipinski definition) is 3. The van der Waals surface area contributed by atoms with E-state index in [-0.39, 0.29) is 6.54 Å². The van der Waals surface area contributed by atoms with Crippen LogP contribution >= 0.6 is 0 Å². The Morgan fingerprint density at radius 1 is 1.36 bits per heavy atom. The molecule has 0 unspecified atom stereocenters. The molecule has 2 saturated heterocycles. The van der Waals surface area contributed by atoms with Gasteiger partial charge in [0, 0.05) is 19.6 Å². The second-order valence-corrected chi connectivity index (χ2v) is 3.29. The van der Waals surface area contributed by atoms with E-state index in [4.69, 9.17) is 5.73 Å². The Bertz CT molecular complexity index is 303. The summed E-state index contributed by atoms with van der Waals surface area (Å²) < 4.78 is 0. The molecule has 2 aliphatic rings. The minimum Gasteiger partial charge on any atom is -0.351 e. The summed E-state index contributed by atoms with van der Waals surface area (Å²) in [5, 5.41) is 5.72. The van der Waals surface area contributed by atoms with Crippen molar-refractivity contribution in [3.63, 3.8) is 0 Å². The highest BCUT2D eigenvalue weighted by molar-refractivity contribution is 6.33. The molecule has 0 aliphatic carbocycles. The Balaban J connectivity index is 2.21. The summed E-state index contributed by atoms with van der Waals surface area (Å²) in [5.74, 6) is -1.13. The molecule has 4 amide bonds. The SMILES string of the molecule is NC(=O)N1C(=O)C2(CNCCN2)C1=O. The number of primary amides is 1. The normalized spacial score (nSPS) is 25.0. The van der Waals surface area contributed by atoms with E-state index < -0.39 is 23.4 Å². The summed E-state index contributed by atoms with van der Waals surface area (Å²) in [6, 6.07) is -1.02. The van der Waals surface area contributed by atoms with Crippen molar-refractivity contribution in [3.05, 3.63) is 0 Å². The number of piperazine rings is 1. The zero-order valence-electron chi connectivity index (χ0n) is 7.37. The van der Waals surface area contributed by atoms with Crippen LogP contribution in [0.25, 0.3) is 0 Å². The Kier molecular flexibility index (Phi) is 1.79. The van der Waals surface area contributed by atoms with Crippen molar-refractivity contribution in [2.45, 2.75) is 5.54 Å². The average molecular weight is 198 g/mol. The molecule has 2 aliphatic heterocycles. The van der Waals surface area contributed by atoms with Gasteiger partial charge in [-0.3, -0.25) is 14.9 Å². The van der Waals surface area contributed by atoms with Gasteiger partial charge < -0.3 is 11.1 Å². The van der Waals surface area contributed by atoms with E-state index in [0.29, 0.717) is 18.0 Å². The van der Waals surface area contributed by atoms with Gasteiger partial charge in [0.2, 0.25) is 0 Å². The minimum absolute atomic E-state index is 0.217. The van der Waals surface area contributed by atoms with E-state index in [0.717, 1.165) is 0 Å². The first-order valence-corrected chi connectivity index (χ1v) is 4.24. The predicted molar refractivity (Wildman–Crippen MR) is 45.0 cm³/mol. The lowest BCUT2D eigenvalue weighted by atomic mass is 9.86. The van der Waals surface area contributed by atoms with Gasteiger partial charge in [-0.1, -0.05) is 0 Å². The number of nitrogens with two attached hydrogens (primary N) is 1. The highest BCUT2D eigenvalue weighted by atomic mass is 16.2. The smallest absolute Gasteiger partial charge is 0.328 e. The third-order valence-electron chi connectivity index (χ3n) is 2.48. The number of urea groups is 1. The first kappa shape index (κ1) is 9.10. The van der Waals surface area contributed by atoms with Crippen LogP contribution in [0.4, 0.5) is 4.79 Å². The number of nitrogens with one attached hydrogen (secondary N) is 2. The van der Waals surface area contributed by atoms with E-state index in [1.807, 2.05) is 0 Å². The molecule has 7 heteroatoms. The second-order valence-electron chi connectivity index (χ2n) is 3.29. The Morgan fingerprint density at radius 3 is 2.43 bits per heavy atom. The predicted octanol–water partition coefficient (Wildman–Crippen LogP) is -2.63.